The van der Waals surface area contributed by atoms with Gasteiger partial charge in [0.2, 0.25) is 5.91 Å². The Kier molecular flexibility index (Phi) is 6.50. The van der Waals surface area contributed by atoms with Crippen molar-refractivity contribution in [1.29, 1.82) is 0 Å². The van der Waals surface area contributed by atoms with E-state index in [2.05, 4.69) is 44.5 Å². The fraction of sp³-hybridized carbons (Fsp3) is 0.524. The maximum atomic E-state index is 12.8. The maximum Gasteiger partial charge on any atom is 0.260 e. The number of H-pyrrole nitrogens is 1. The number of amides is 1. The molecule has 2 aliphatic rings. The first-order valence-corrected chi connectivity index (χ1v) is 12.0. The average Bonchev–Trinajstić information content (AvgIpc) is 3.32. The molecule has 1 unspecified atom stereocenters. The van der Waals surface area contributed by atoms with Gasteiger partial charge < -0.3 is 10.3 Å². The van der Waals surface area contributed by atoms with Gasteiger partial charge in [0.25, 0.3) is 10.0 Å². The second-order valence-corrected chi connectivity index (χ2v) is 10.1. The summed E-state index contributed by atoms with van der Waals surface area (Å²) in [5.41, 5.74) is 1.31. The van der Waals surface area contributed by atoms with Crippen LogP contribution in [0.25, 0.3) is 0 Å². The molecule has 162 valence electrons. The molecule has 1 atom stereocenters. The van der Waals surface area contributed by atoms with Gasteiger partial charge in [0.1, 0.15) is 0 Å². The van der Waals surface area contributed by atoms with E-state index < -0.39 is 10.0 Å². The molecule has 8 nitrogen and oxygen atoms in total. The van der Waals surface area contributed by atoms with Crippen LogP contribution in [-0.4, -0.2) is 65.7 Å². The van der Waals surface area contributed by atoms with Crippen LogP contribution >= 0.6 is 0 Å². The van der Waals surface area contributed by atoms with Crippen LogP contribution in [0.3, 0.4) is 0 Å². The first kappa shape index (κ1) is 21.0. The quantitative estimate of drug-likeness (QED) is 0.724. The lowest BCUT2D eigenvalue weighted by atomic mass is 9.97. The molecule has 1 aromatic carbocycles. The minimum Gasteiger partial charge on any atom is -0.353 e. The highest BCUT2D eigenvalue weighted by atomic mass is 32.2. The normalized spacial score (nSPS) is 22.1. The SMILES string of the molecule is O=C(NC1CCN(Cc2ccccc2)CC1)C1CCCN(S(=O)(=O)c2cnc[nH]2)C1. The monoisotopic (exact) mass is 431 g/mol. The standard InChI is InChI=1S/C21H29N5O3S/c27-21(18-7-4-10-26(15-18)30(28,29)20-13-22-16-23-20)24-19-8-11-25(12-9-19)14-17-5-2-1-3-6-17/h1-3,5-6,13,16,18-19H,4,7-12,14-15H2,(H,22,23)(H,24,27). The van der Waals surface area contributed by atoms with E-state index in [1.807, 2.05) is 6.07 Å². The number of aromatic nitrogens is 2. The molecule has 2 N–H and O–H groups in total. The van der Waals surface area contributed by atoms with E-state index in [1.165, 1.54) is 22.4 Å². The summed E-state index contributed by atoms with van der Waals surface area (Å²) in [5, 5.41) is 3.25. The van der Waals surface area contributed by atoms with Crippen molar-refractivity contribution < 1.29 is 13.2 Å². The number of sulfonamides is 1. The number of nitrogens with one attached hydrogen (secondary N) is 2. The molecular weight excluding hydrogens is 402 g/mol. The van der Waals surface area contributed by atoms with Gasteiger partial charge >= 0.3 is 0 Å². The smallest absolute Gasteiger partial charge is 0.260 e. The van der Waals surface area contributed by atoms with Crippen LogP contribution in [0.5, 0.6) is 0 Å². The number of nitrogens with zero attached hydrogens (tertiary/aromatic N) is 3. The molecule has 1 aromatic heterocycles. The van der Waals surface area contributed by atoms with Gasteiger partial charge in [0.05, 0.1) is 18.4 Å². The first-order chi connectivity index (χ1) is 14.5. The molecule has 0 radical (unpaired) electrons. The Bertz CT molecular complexity index is 925. The lowest BCUT2D eigenvalue weighted by Crippen LogP contribution is -2.50. The van der Waals surface area contributed by atoms with Crippen molar-refractivity contribution >= 4 is 15.9 Å². The molecule has 4 rings (SSSR count). The molecule has 3 heterocycles. The van der Waals surface area contributed by atoms with Crippen molar-refractivity contribution in [2.45, 2.75) is 43.3 Å². The highest BCUT2D eigenvalue weighted by Gasteiger charge is 2.34. The number of hydrogen-bond acceptors (Lipinski definition) is 5. The van der Waals surface area contributed by atoms with Gasteiger partial charge in [-0.1, -0.05) is 30.3 Å². The van der Waals surface area contributed by atoms with Crippen LogP contribution in [0, 0.1) is 5.92 Å². The summed E-state index contributed by atoms with van der Waals surface area (Å²) in [4.78, 5) is 21.7. The third-order valence-electron chi connectivity index (χ3n) is 6.03. The fourth-order valence-corrected chi connectivity index (χ4v) is 5.71. The van der Waals surface area contributed by atoms with Crippen molar-refractivity contribution in [2.75, 3.05) is 26.2 Å². The number of rotatable bonds is 6. The fourth-order valence-electron chi connectivity index (χ4n) is 4.29. The predicted molar refractivity (Wildman–Crippen MR) is 113 cm³/mol. The number of hydrogen-bond donors (Lipinski definition) is 2. The third kappa shape index (κ3) is 4.91. The second-order valence-electron chi connectivity index (χ2n) is 8.16. The van der Waals surface area contributed by atoms with E-state index in [0.717, 1.165) is 32.5 Å². The van der Waals surface area contributed by atoms with E-state index in [0.29, 0.717) is 19.4 Å². The van der Waals surface area contributed by atoms with Gasteiger partial charge in [-0.2, -0.15) is 4.31 Å². The summed E-state index contributed by atoms with van der Waals surface area (Å²) in [6.45, 7) is 3.49. The van der Waals surface area contributed by atoms with Gasteiger partial charge in [-0.05, 0) is 31.2 Å². The van der Waals surface area contributed by atoms with E-state index in [1.54, 1.807) is 0 Å². The van der Waals surface area contributed by atoms with Crippen LogP contribution in [0.4, 0.5) is 0 Å². The molecule has 2 fully saturated rings. The maximum absolute atomic E-state index is 12.8. The molecule has 2 aliphatic heterocycles. The molecule has 0 aliphatic carbocycles. The highest BCUT2D eigenvalue weighted by Crippen LogP contribution is 2.23. The first-order valence-electron chi connectivity index (χ1n) is 10.6. The molecule has 2 aromatic rings. The van der Waals surface area contributed by atoms with Gasteiger partial charge in [0.15, 0.2) is 5.03 Å². The van der Waals surface area contributed by atoms with Gasteiger partial charge in [-0.25, -0.2) is 13.4 Å². The van der Waals surface area contributed by atoms with Gasteiger partial charge in [-0.3, -0.25) is 9.69 Å². The van der Waals surface area contributed by atoms with Crippen molar-refractivity contribution in [3.63, 3.8) is 0 Å². The van der Waals surface area contributed by atoms with Gasteiger partial charge in [0, 0.05) is 38.8 Å². The number of piperidine rings is 2. The zero-order valence-corrected chi connectivity index (χ0v) is 17.9. The van der Waals surface area contributed by atoms with E-state index in [-0.39, 0.29) is 29.4 Å². The van der Waals surface area contributed by atoms with Crippen molar-refractivity contribution in [2.24, 2.45) is 5.92 Å². The van der Waals surface area contributed by atoms with Gasteiger partial charge in [-0.15, -0.1) is 0 Å². The van der Waals surface area contributed by atoms with E-state index in [4.69, 9.17) is 0 Å². The summed E-state index contributed by atoms with van der Waals surface area (Å²) in [5.74, 6) is -0.334. The Labute approximate surface area is 177 Å². The van der Waals surface area contributed by atoms with Crippen molar-refractivity contribution in [3.8, 4) is 0 Å². The zero-order valence-electron chi connectivity index (χ0n) is 17.0. The number of likely N-dealkylation sites (tertiary alicyclic amines) is 1. The lowest BCUT2D eigenvalue weighted by molar-refractivity contribution is -0.127. The van der Waals surface area contributed by atoms with Crippen LogP contribution in [0.2, 0.25) is 0 Å². The minimum absolute atomic E-state index is 0.0268. The molecule has 0 saturated carbocycles. The molecule has 0 bridgehead atoms. The van der Waals surface area contributed by atoms with Crippen molar-refractivity contribution in [3.05, 3.63) is 48.4 Å². The Morgan fingerprint density at radius 3 is 2.60 bits per heavy atom. The molecule has 0 spiro atoms. The Hall–Kier alpha value is -2.23. The summed E-state index contributed by atoms with van der Waals surface area (Å²) < 4.78 is 26.8. The number of benzene rings is 1. The highest BCUT2D eigenvalue weighted by molar-refractivity contribution is 7.89. The minimum atomic E-state index is -3.63. The third-order valence-corrected chi connectivity index (χ3v) is 7.82. The topological polar surface area (TPSA) is 98.4 Å². The average molecular weight is 432 g/mol. The molecule has 9 heteroatoms. The summed E-state index contributed by atoms with van der Waals surface area (Å²) in [6.07, 6.45) is 5.89. The molecular formula is C21H29N5O3S. The number of carbonyl (C=O) groups excluding carboxylic acids is 1. The van der Waals surface area contributed by atoms with Crippen LogP contribution < -0.4 is 5.32 Å². The largest absolute Gasteiger partial charge is 0.353 e. The van der Waals surface area contributed by atoms with Crippen molar-refractivity contribution in [1.82, 2.24) is 24.5 Å². The Morgan fingerprint density at radius 1 is 1.13 bits per heavy atom. The predicted octanol–water partition coefficient (Wildman–Crippen LogP) is 1.59. The Morgan fingerprint density at radius 2 is 1.90 bits per heavy atom. The number of carbonyl (C=O) groups is 1. The number of imidazole rings is 1. The van der Waals surface area contributed by atoms with E-state index >= 15 is 0 Å². The summed E-state index contributed by atoms with van der Waals surface area (Å²) in [7, 11) is -3.63. The summed E-state index contributed by atoms with van der Waals surface area (Å²) >= 11 is 0. The van der Waals surface area contributed by atoms with Crippen LogP contribution in [-0.2, 0) is 21.4 Å². The van der Waals surface area contributed by atoms with Crippen LogP contribution in [0.1, 0.15) is 31.2 Å². The Balaban J connectivity index is 1.27. The molecule has 30 heavy (non-hydrogen) atoms. The van der Waals surface area contributed by atoms with Crippen LogP contribution in [0.15, 0.2) is 47.9 Å². The number of aromatic amines is 1. The molecule has 1 amide bonds. The lowest BCUT2D eigenvalue weighted by Gasteiger charge is -2.35. The summed E-state index contributed by atoms with van der Waals surface area (Å²) in [6, 6.07) is 10.6. The second kappa shape index (κ2) is 9.28. The van der Waals surface area contributed by atoms with E-state index in [9.17, 15) is 13.2 Å². The zero-order chi connectivity index (χ0) is 21.0. The molecule has 2 saturated heterocycles.